The molecule has 1 aromatic heterocycles. The Bertz CT molecular complexity index is 380. The van der Waals surface area contributed by atoms with Crippen LogP contribution in [0.5, 0.6) is 0 Å². The van der Waals surface area contributed by atoms with Crippen LogP contribution in [0.25, 0.3) is 0 Å². The van der Waals surface area contributed by atoms with Crippen molar-refractivity contribution in [2.24, 2.45) is 11.7 Å². The van der Waals surface area contributed by atoms with Crippen LogP contribution < -0.4 is 5.73 Å². The van der Waals surface area contributed by atoms with Crippen molar-refractivity contribution in [1.82, 2.24) is 0 Å². The third kappa shape index (κ3) is 3.47. The second-order valence-corrected chi connectivity index (χ2v) is 7.10. The van der Waals surface area contributed by atoms with Gasteiger partial charge in [-0.2, -0.15) is 0 Å². The minimum atomic E-state index is -0.0203. The molecule has 4 atom stereocenters. The average Bonchev–Trinajstić information content (AvgIpc) is 2.74. The second-order valence-electron chi connectivity index (χ2n) is 5.36. The van der Waals surface area contributed by atoms with E-state index in [0.717, 1.165) is 15.6 Å². The van der Waals surface area contributed by atoms with Gasteiger partial charge < -0.3 is 10.5 Å². The molecule has 0 spiro atoms. The quantitative estimate of drug-likeness (QED) is 0.891. The summed E-state index contributed by atoms with van der Waals surface area (Å²) in [7, 11) is 0. The molecule has 0 aromatic carbocycles. The molecule has 18 heavy (non-hydrogen) atoms. The first-order valence-corrected chi connectivity index (χ1v) is 7.93. The Morgan fingerprint density at radius 2 is 2.11 bits per heavy atom. The van der Waals surface area contributed by atoms with Crippen LogP contribution in [0.2, 0.25) is 4.34 Å². The molecular formula is C14H22ClNOS. The molecule has 1 heterocycles. The molecule has 1 saturated carbocycles. The van der Waals surface area contributed by atoms with Gasteiger partial charge in [0.05, 0.1) is 10.4 Å². The van der Waals surface area contributed by atoms with E-state index in [1.54, 1.807) is 11.3 Å². The van der Waals surface area contributed by atoms with E-state index in [-0.39, 0.29) is 12.1 Å². The van der Waals surface area contributed by atoms with Crippen LogP contribution in [-0.4, -0.2) is 12.1 Å². The van der Waals surface area contributed by atoms with E-state index in [1.165, 1.54) is 19.3 Å². The van der Waals surface area contributed by atoms with Crippen molar-refractivity contribution < 1.29 is 4.74 Å². The molecule has 1 fully saturated rings. The van der Waals surface area contributed by atoms with Crippen LogP contribution in [0.4, 0.5) is 0 Å². The van der Waals surface area contributed by atoms with E-state index >= 15 is 0 Å². The van der Waals surface area contributed by atoms with Crippen molar-refractivity contribution in [1.29, 1.82) is 0 Å². The van der Waals surface area contributed by atoms with Crippen molar-refractivity contribution in [2.75, 3.05) is 0 Å². The smallest absolute Gasteiger partial charge is 0.107 e. The van der Waals surface area contributed by atoms with Crippen molar-refractivity contribution in [3.63, 3.8) is 0 Å². The molecule has 0 bridgehead atoms. The molecule has 1 aromatic rings. The fourth-order valence-corrected chi connectivity index (χ4v) is 3.82. The summed E-state index contributed by atoms with van der Waals surface area (Å²) >= 11 is 7.58. The number of thiophene rings is 1. The van der Waals surface area contributed by atoms with Crippen molar-refractivity contribution in [3.05, 3.63) is 21.3 Å². The molecule has 2 rings (SSSR count). The van der Waals surface area contributed by atoms with Gasteiger partial charge in [0, 0.05) is 10.9 Å². The Balaban J connectivity index is 2.06. The lowest BCUT2D eigenvalue weighted by atomic mass is 9.87. The van der Waals surface area contributed by atoms with Gasteiger partial charge in [-0.05, 0) is 37.8 Å². The Morgan fingerprint density at radius 3 is 2.67 bits per heavy atom. The SMILES string of the molecule is CC(N)C(OC1CCCCC1C)c1ccc(Cl)s1. The molecule has 0 saturated heterocycles. The lowest BCUT2D eigenvalue weighted by Crippen LogP contribution is -2.34. The molecule has 4 unspecified atom stereocenters. The molecule has 1 aliphatic carbocycles. The molecule has 4 heteroatoms. The van der Waals surface area contributed by atoms with E-state index in [4.69, 9.17) is 22.1 Å². The highest BCUT2D eigenvalue weighted by atomic mass is 35.5. The third-order valence-electron chi connectivity index (χ3n) is 3.71. The first kappa shape index (κ1) is 14.3. The molecule has 1 aliphatic rings. The van der Waals surface area contributed by atoms with Gasteiger partial charge in [-0.25, -0.2) is 0 Å². The largest absolute Gasteiger partial charge is 0.368 e. The molecule has 0 aliphatic heterocycles. The first-order valence-electron chi connectivity index (χ1n) is 6.74. The van der Waals surface area contributed by atoms with Crippen LogP contribution in [0.1, 0.15) is 50.5 Å². The summed E-state index contributed by atoms with van der Waals surface area (Å²) in [6, 6.07) is 3.95. The molecule has 102 valence electrons. The van der Waals surface area contributed by atoms with Crippen molar-refractivity contribution in [3.8, 4) is 0 Å². The predicted octanol–water partition coefficient (Wildman–Crippen LogP) is 4.39. The van der Waals surface area contributed by atoms with Gasteiger partial charge in [-0.1, -0.05) is 31.4 Å². The lowest BCUT2D eigenvalue weighted by molar-refractivity contribution is -0.0636. The second kappa shape index (κ2) is 6.38. The fraction of sp³-hybridized carbons (Fsp3) is 0.714. The maximum absolute atomic E-state index is 6.29. The molecule has 2 N–H and O–H groups in total. The Kier molecular flexibility index (Phi) is 5.07. The van der Waals surface area contributed by atoms with E-state index < -0.39 is 0 Å². The number of nitrogens with two attached hydrogens (primary N) is 1. The van der Waals surface area contributed by atoms with Crippen molar-refractivity contribution >= 4 is 22.9 Å². The van der Waals surface area contributed by atoms with E-state index in [9.17, 15) is 0 Å². The van der Waals surface area contributed by atoms with Crippen LogP contribution in [0.15, 0.2) is 12.1 Å². The zero-order valence-corrected chi connectivity index (χ0v) is 12.6. The molecular weight excluding hydrogens is 266 g/mol. The van der Waals surface area contributed by atoms with Gasteiger partial charge in [-0.15, -0.1) is 11.3 Å². The Labute approximate surface area is 118 Å². The summed E-state index contributed by atoms with van der Waals surface area (Å²) in [6.45, 7) is 4.29. The first-order chi connectivity index (χ1) is 8.58. The Hall–Kier alpha value is -0.0900. The number of rotatable bonds is 4. The van der Waals surface area contributed by atoms with Crippen LogP contribution in [-0.2, 0) is 4.74 Å². The normalized spacial score (nSPS) is 28.0. The summed E-state index contributed by atoms with van der Waals surface area (Å²) in [5.41, 5.74) is 6.08. The van der Waals surface area contributed by atoms with Gasteiger partial charge >= 0.3 is 0 Å². The number of halogens is 1. The average molecular weight is 288 g/mol. The van der Waals surface area contributed by atoms with Crippen LogP contribution in [0, 0.1) is 5.92 Å². The van der Waals surface area contributed by atoms with E-state index in [2.05, 4.69) is 6.92 Å². The van der Waals surface area contributed by atoms with Gasteiger partial charge in [0.1, 0.15) is 6.10 Å². The van der Waals surface area contributed by atoms with Gasteiger partial charge in [0.2, 0.25) is 0 Å². The maximum atomic E-state index is 6.29. The van der Waals surface area contributed by atoms with Crippen LogP contribution >= 0.6 is 22.9 Å². The fourth-order valence-electron chi connectivity index (χ4n) is 2.60. The summed E-state index contributed by atoms with van der Waals surface area (Å²) in [6.07, 6.45) is 5.34. The Morgan fingerprint density at radius 1 is 1.39 bits per heavy atom. The van der Waals surface area contributed by atoms with Gasteiger partial charge in [-0.3, -0.25) is 0 Å². The lowest BCUT2D eigenvalue weighted by Gasteiger charge is -2.33. The topological polar surface area (TPSA) is 35.2 Å². The van der Waals surface area contributed by atoms with E-state index in [1.807, 2.05) is 19.1 Å². The highest BCUT2D eigenvalue weighted by Gasteiger charge is 2.28. The maximum Gasteiger partial charge on any atom is 0.107 e. The highest BCUT2D eigenvalue weighted by molar-refractivity contribution is 7.16. The van der Waals surface area contributed by atoms with Crippen molar-refractivity contribution in [2.45, 2.75) is 57.8 Å². The summed E-state index contributed by atoms with van der Waals surface area (Å²) in [5.74, 6) is 0.635. The monoisotopic (exact) mass is 287 g/mol. The van der Waals surface area contributed by atoms with Gasteiger partial charge in [0.25, 0.3) is 0 Å². The predicted molar refractivity (Wildman–Crippen MR) is 78.2 cm³/mol. The number of hydrogen-bond acceptors (Lipinski definition) is 3. The zero-order valence-electron chi connectivity index (χ0n) is 11.1. The van der Waals surface area contributed by atoms with E-state index in [0.29, 0.717) is 12.0 Å². The zero-order chi connectivity index (χ0) is 13.1. The molecule has 0 radical (unpaired) electrons. The minimum absolute atomic E-state index is 0.00570. The minimum Gasteiger partial charge on any atom is -0.368 e. The standard InChI is InChI=1S/C14H22ClNOS/c1-9-5-3-4-6-11(9)17-14(10(2)16)12-7-8-13(15)18-12/h7-11,14H,3-6,16H2,1-2H3. The number of hydrogen-bond donors (Lipinski definition) is 1. The molecule has 0 amide bonds. The molecule has 2 nitrogen and oxygen atoms in total. The summed E-state index contributed by atoms with van der Waals surface area (Å²) in [4.78, 5) is 1.15. The summed E-state index contributed by atoms with van der Waals surface area (Å²) < 4.78 is 7.09. The number of ether oxygens (including phenoxy) is 1. The summed E-state index contributed by atoms with van der Waals surface area (Å²) in [5, 5.41) is 0. The van der Waals surface area contributed by atoms with Gasteiger partial charge in [0.15, 0.2) is 0 Å². The van der Waals surface area contributed by atoms with Crippen LogP contribution in [0.3, 0.4) is 0 Å². The highest BCUT2D eigenvalue weighted by Crippen LogP contribution is 2.35. The third-order valence-corrected chi connectivity index (χ3v) is 5.00.